The first-order valence-corrected chi connectivity index (χ1v) is 7.27. The van der Waals surface area contributed by atoms with Crippen LogP contribution in [0.3, 0.4) is 0 Å². The first-order chi connectivity index (χ1) is 9.56. The fraction of sp³-hybridized carbons (Fsp3) is 0.562. The van der Waals surface area contributed by atoms with Crippen molar-refractivity contribution in [3.63, 3.8) is 0 Å². The number of nitrogens with zero attached hydrogens (tertiary/aromatic N) is 1. The van der Waals surface area contributed by atoms with Gasteiger partial charge in [-0.15, -0.1) is 0 Å². The molecule has 110 valence electrons. The minimum Gasteiger partial charge on any atom is -0.394 e. The van der Waals surface area contributed by atoms with Gasteiger partial charge in [-0.2, -0.15) is 0 Å². The topological polar surface area (TPSA) is 52.6 Å². The minimum absolute atomic E-state index is 0.0223. The van der Waals surface area contributed by atoms with E-state index in [0.29, 0.717) is 5.56 Å². The second kappa shape index (κ2) is 6.27. The van der Waals surface area contributed by atoms with E-state index in [4.69, 9.17) is 0 Å². The molecule has 1 aliphatic rings. The SMILES string of the molecule is CN(C)c1ccc(C(=O)NC2(CO)CCCCC2)cc1. The number of carbonyl (C=O) groups excluding carboxylic acids is 1. The smallest absolute Gasteiger partial charge is 0.251 e. The van der Waals surface area contributed by atoms with Crippen molar-refractivity contribution < 1.29 is 9.90 Å². The summed E-state index contributed by atoms with van der Waals surface area (Å²) < 4.78 is 0. The lowest BCUT2D eigenvalue weighted by atomic mass is 9.82. The molecular weight excluding hydrogens is 252 g/mol. The number of anilines is 1. The second-order valence-electron chi connectivity index (χ2n) is 5.89. The van der Waals surface area contributed by atoms with Crippen molar-refractivity contribution in [1.82, 2.24) is 5.32 Å². The quantitative estimate of drug-likeness (QED) is 0.886. The second-order valence-corrected chi connectivity index (χ2v) is 5.89. The molecule has 2 N–H and O–H groups in total. The van der Waals surface area contributed by atoms with Crippen molar-refractivity contribution in [1.29, 1.82) is 0 Å². The van der Waals surface area contributed by atoms with Gasteiger partial charge in [-0.25, -0.2) is 0 Å². The lowest BCUT2D eigenvalue weighted by Gasteiger charge is -2.36. The Hall–Kier alpha value is -1.55. The molecule has 0 atom stereocenters. The molecule has 0 heterocycles. The molecule has 20 heavy (non-hydrogen) atoms. The monoisotopic (exact) mass is 276 g/mol. The van der Waals surface area contributed by atoms with E-state index in [9.17, 15) is 9.90 Å². The summed E-state index contributed by atoms with van der Waals surface area (Å²) in [6.45, 7) is 0.0223. The molecular formula is C16H24N2O2. The van der Waals surface area contributed by atoms with Crippen LogP contribution in [0.15, 0.2) is 24.3 Å². The fourth-order valence-corrected chi connectivity index (χ4v) is 2.78. The third-order valence-corrected chi connectivity index (χ3v) is 4.14. The van der Waals surface area contributed by atoms with Crippen LogP contribution in [-0.4, -0.2) is 37.3 Å². The number of aliphatic hydroxyl groups is 1. The Kier molecular flexibility index (Phi) is 4.65. The molecule has 1 saturated carbocycles. The summed E-state index contributed by atoms with van der Waals surface area (Å²) in [6.07, 6.45) is 5.06. The minimum atomic E-state index is -0.421. The normalized spacial score (nSPS) is 17.6. The van der Waals surface area contributed by atoms with Crippen LogP contribution in [0.2, 0.25) is 0 Å². The zero-order chi connectivity index (χ0) is 14.6. The summed E-state index contributed by atoms with van der Waals surface area (Å²) in [7, 11) is 3.94. The maximum absolute atomic E-state index is 12.3. The van der Waals surface area contributed by atoms with Crippen LogP contribution >= 0.6 is 0 Å². The van der Waals surface area contributed by atoms with Gasteiger partial charge in [0.15, 0.2) is 0 Å². The van der Waals surface area contributed by atoms with Gasteiger partial charge in [-0.3, -0.25) is 4.79 Å². The van der Waals surface area contributed by atoms with E-state index in [2.05, 4.69) is 5.32 Å². The van der Waals surface area contributed by atoms with Gasteiger partial charge in [-0.05, 0) is 37.1 Å². The Bertz CT molecular complexity index is 448. The highest BCUT2D eigenvalue weighted by Crippen LogP contribution is 2.28. The van der Waals surface area contributed by atoms with Crippen LogP contribution in [0.5, 0.6) is 0 Å². The van der Waals surface area contributed by atoms with Crippen molar-refractivity contribution in [3.8, 4) is 0 Å². The van der Waals surface area contributed by atoms with Crippen LogP contribution in [-0.2, 0) is 0 Å². The summed E-state index contributed by atoms with van der Waals surface area (Å²) in [5.74, 6) is -0.0914. The number of carbonyl (C=O) groups is 1. The van der Waals surface area contributed by atoms with E-state index in [1.807, 2.05) is 43.3 Å². The van der Waals surface area contributed by atoms with Gasteiger partial charge >= 0.3 is 0 Å². The van der Waals surface area contributed by atoms with Gasteiger partial charge in [0, 0.05) is 25.3 Å². The molecule has 4 nitrogen and oxygen atoms in total. The average molecular weight is 276 g/mol. The Labute approximate surface area is 120 Å². The predicted molar refractivity (Wildman–Crippen MR) is 81.1 cm³/mol. The number of nitrogens with one attached hydrogen (secondary N) is 1. The molecule has 1 amide bonds. The maximum Gasteiger partial charge on any atom is 0.251 e. The number of aliphatic hydroxyl groups excluding tert-OH is 1. The number of amides is 1. The molecule has 1 fully saturated rings. The third kappa shape index (κ3) is 3.31. The molecule has 4 heteroatoms. The third-order valence-electron chi connectivity index (χ3n) is 4.14. The maximum atomic E-state index is 12.3. The Morgan fingerprint density at radius 3 is 2.30 bits per heavy atom. The molecule has 1 aliphatic carbocycles. The largest absolute Gasteiger partial charge is 0.394 e. The van der Waals surface area contributed by atoms with Gasteiger partial charge < -0.3 is 15.3 Å². The number of hydrogen-bond acceptors (Lipinski definition) is 3. The van der Waals surface area contributed by atoms with Crippen LogP contribution in [0.25, 0.3) is 0 Å². The van der Waals surface area contributed by atoms with Crippen molar-refractivity contribution in [2.24, 2.45) is 0 Å². The van der Waals surface area contributed by atoms with Gasteiger partial charge in [0.2, 0.25) is 0 Å². The Balaban J connectivity index is 2.06. The lowest BCUT2D eigenvalue weighted by molar-refractivity contribution is 0.0758. The highest BCUT2D eigenvalue weighted by molar-refractivity contribution is 5.95. The van der Waals surface area contributed by atoms with Crippen LogP contribution < -0.4 is 10.2 Å². The molecule has 0 aliphatic heterocycles. The summed E-state index contributed by atoms with van der Waals surface area (Å²) >= 11 is 0. The molecule has 2 rings (SSSR count). The Morgan fingerprint density at radius 2 is 1.80 bits per heavy atom. The van der Waals surface area contributed by atoms with Crippen molar-refractivity contribution in [3.05, 3.63) is 29.8 Å². The molecule has 0 spiro atoms. The first-order valence-electron chi connectivity index (χ1n) is 7.27. The van der Waals surface area contributed by atoms with Crippen LogP contribution in [0.4, 0.5) is 5.69 Å². The predicted octanol–water partition coefficient (Wildman–Crippen LogP) is 2.18. The van der Waals surface area contributed by atoms with Crippen molar-refractivity contribution in [2.45, 2.75) is 37.6 Å². The molecule has 0 radical (unpaired) electrons. The van der Waals surface area contributed by atoms with Crippen LogP contribution in [0.1, 0.15) is 42.5 Å². The van der Waals surface area contributed by atoms with Crippen LogP contribution in [0, 0.1) is 0 Å². The first kappa shape index (κ1) is 14.9. The molecule has 0 saturated heterocycles. The fourth-order valence-electron chi connectivity index (χ4n) is 2.78. The number of rotatable bonds is 4. The molecule has 0 bridgehead atoms. The van der Waals surface area contributed by atoms with Gasteiger partial charge in [0.25, 0.3) is 5.91 Å². The molecule has 0 aromatic heterocycles. The zero-order valence-corrected chi connectivity index (χ0v) is 12.4. The van der Waals surface area contributed by atoms with Crippen molar-refractivity contribution in [2.75, 3.05) is 25.6 Å². The Morgan fingerprint density at radius 1 is 1.20 bits per heavy atom. The molecule has 1 aromatic carbocycles. The van der Waals surface area contributed by atoms with E-state index in [0.717, 1.165) is 31.4 Å². The van der Waals surface area contributed by atoms with Crippen molar-refractivity contribution >= 4 is 11.6 Å². The van der Waals surface area contributed by atoms with E-state index in [1.165, 1.54) is 6.42 Å². The summed E-state index contributed by atoms with van der Waals surface area (Å²) in [4.78, 5) is 14.3. The molecule has 1 aromatic rings. The average Bonchev–Trinajstić information content (AvgIpc) is 2.48. The summed E-state index contributed by atoms with van der Waals surface area (Å²) in [6, 6.07) is 7.53. The lowest BCUT2D eigenvalue weighted by Crippen LogP contribution is -2.52. The van der Waals surface area contributed by atoms with E-state index in [-0.39, 0.29) is 12.5 Å². The van der Waals surface area contributed by atoms with Gasteiger partial charge in [0.05, 0.1) is 12.1 Å². The highest BCUT2D eigenvalue weighted by Gasteiger charge is 2.33. The van der Waals surface area contributed by atoms with Gasteiger partial charge in [0.1, 0.15) is 0 Å². The summed E-state index contributed by atoms with van der Waals surface area (Å²) in [5.41, 5.74) is 1.29. The molecule has 0 unspecified atom stereocenters. The highest BCUT2D eigenvalue weighted by atomic mass is 16.3. The van der Waals surface area contributed by atoms with E-state index >= 15 is 0 Å². The number of benzene rings is 1. The van der Waals surface area contributed by atoms with E-state index < -0.39 is 5.54 Å². The standard InChI is InChI=1S/C16H24N2O2/c1-18(2)14-8-6-13(7-9-14)15(20)17-16(12-19)10-4-3-5-11-16/h6-9,19H,3-5,10-12H2,1-2H3,(H,17,20). The number of hydrogen-bond donors (Lipinski definition) is 2. The summed E-state index contributed by atoms with van der Waals surface area (Å²) in [5, 5.41) is 12.7. The zero-order valence-electron chi connectivity index (χ0n) is 12.4. The van der Waals surface area contributed by atoms with Gasteiger partial charge in [-0.1, -0.05) is 19.3 Å². The van der Waals surface area contributed by atoms with E-state index in [1.54, 1.807) is 0 Å².